The molecule has 1 aromatic carbocycles. The van der Waals surface area contributed by atoms with Crippen LogP contribution in [0.2, 0.25) is 0 Å². The van der Waals surface area contributed by atoms with Gasteiger partial charge in [-0.15, -0.1) is 0 Å². The summed E-state index contributed by atoms with van der Waals surface area (Å²) in [4.78, 5) is 25.8. The van der Waals surface area contributed by atoms with Crippen molar-refractivity contribution in [2.45, 2.75) is 47.1 Å². The van der Waals surface area contributed by atoms with E-state index in [1.54, 1.807) is 50.0 Å². The molecular weight excluding hydrogens is 389 g/mol. The van der Waals surface area contributed by atoms with Crippen molar-refractivity contribution in [2.24, 2.45) is 5.92 Å². The smallest absolute Gasteiger partial charge is 0.414 e. The Hall–Kier alpha value is -2.67. The summed E-state index contributed by atoms with van der Waals surface area (Å²) in [6, 6.07) is 4.60. The zero-order valence-corrected chi connectivity index (χ0v) is 18.1. The van der Waals surface area contributed by atoms with Crippen molar-refractivity contribution in [3.05, 3.63) is 58.8 Å². The van der Waals surface area contributed by atoms with Crippen LogP contribution in [0.5, 0.6) is 0 Å². The first-order chi connectivity index (χ1) is 14.3. The molecule has 1 heterocycles. The van der Waals surface area contributed by atoms with Gasteiger partial charge < -0.3 is 19.1 Å². The molecule has 1 amide bonds. The lowest BCUT2D eigenvalue weighted by atomic mass is 9.98. The van der Waals surface area contributed by atoms with E-state index < -0.39 is 11.8 Å². The summed E-state index contributed by atoms with van der Waals surface area (Å²) in [5.41, 5.74) is 0.200. The molecule has 0 radical (unpaired) electrons. The van der Waals surface area contributed by atoms with E-state index in [0.29, 0.717) is 36.8 Å². The maximum atomic E-state index is 14.7. The Morgan fingerprint density at radius 1 is 1.10 bits per heavy atom. The van der Waals surface area contributed by atoms with Gasteiger partial charge in [0, 0.05) is 25.3 Å². The second-order valence-corrected chi connectivity index (χ2v) is 7.28. The van der Waals surface area contributed by atoms with Crippen LogP contribution in [0, 0.1) is 11.7 Å². The van der Waals surface area contributed by atoms with E-state index in [0.717, 1.165) is 12.8 Å². The first-order valence-electron chi connectivity index (χ1n) is 10.2. The van der Waals surface area contributed by atoms with Gasteiger partial charge in [0.05, 0.1) is 12.2 Å². The number of halogens is 1. The molecule has 0 spiro atoms. The third kappa shape index (κ3) is 6.69. The number of likely N-dealkylation sites (tertiary alicyclic amines) is 1. The summed E-state index contributed by atoms with van der Waals surface area (Å²) in [6.45, 7) is 8.66. The highest BCUT2D eigenvalue weighted by atomic mass is 19.1. The lowest BCUT2D eigenvalue weighted by Gasteiger charge is -2.31. The minimum Gasteiger partial charge on any atom is -0.428 e. The van der Waals surface area contributed by atoms with Crippen molar-refractivity contribution in [1.82, 2.24) is 4.90 Å². The molecule has 0 aliphatic carbocycles. The predicted molar refractivity (Wildman–Crippen MR) is 111 cm³/mol. The summed E-state index contributed by atoms with van der Waals surface area (Å²) in [6.07, 6.45) is 4.63. The quantitative estimate of drug-likeness (QED) is 0.449. The summed E-state index contributed by atoms with van der Waals surface area (Å²) < 4.78 is 30.7. The zero-order valence-electron chi connectivity index (χ0n) is 18.1. The number of benzene rings is 1. The average Bonchev–Trinajstić information content (AvgIpc) is 2.75. The van der Waals surface area contributed by atoms with Gasteiger partial charge in [-0.3, -0.25) is 0 Å². The Balaban J connectivity index is 1.82. The second kappa shape index (κ2) is 11.5. The summed E-state index contributed by atoms with van der Waals surface area (Å²) >= 11 is 0. The van der Waals surface area contributed by atoms with Crippen molar-refractivity contribution < 1.29 is 28.2 Å². The summed E-state index contributed by atoms with van der Waals surface area (Å²) in [5, 5.41) is 0. The largest absolute Gasteiger partial charge is 0.428 e. The number of hydrogen-bond donors (Lipinski definition) is 0. The van der Waals surface area contributed by atoms with Gasteiger partial charge in [-0.1, -0.05) is 12.1 Å². The molecule has 0 saturated carbocycles. The number of esters is 1. The Bertz CT molecular complexity index is 810. The topological polar surface area (TPSA) is 65.1 Å². The fourth-order valence-corrected chi connectivity index (χ4v) is 2.99. The van der Waals surface area contributed by atoms with Crippen molar-refractivity contribution in [2.75, 3.05) is 19.7 Å². The van der Waals surface area contributed by atoms with Gasteiger partial charge in [0.25, 0.3) is 0 Å². The summed E-state index contributed by atoms with van der Waals surface area (Å²) in [7, 11) is 0. The molecule has 0 unspecified atom stereocenters. The number of nitrogens with zero attached hydrogens (tertiary/aromatic N) is 1. The number of amides is 1. The van der Waals surface area contributed by atoms with Crippen LogP contribution >= 0.6 is 0 Å². The third-order valence-corrected chi connectivity index (χ3v) is 5.10. The van der Waals surface area contributed by atoms with Crippen molar-refractivity contribution >= 4 is 12.1 Å². The Morgan fingerprint density at radius 3 is 2.37 bits per heavy atom. The second-order valence-electron chi connectivity index (χ2n) is 7.28. The Kier molecular flexibility index (Phi) is 9.05. The molecule has 1 aliphatic heterocycles. The number of piperidine rings is 1. The van der Waals surface area contributed by atoms with E-state index in [1.807, 2.05) is 6.92 Å². The maximum Gasteiger partial charge on any atom is 0.414 e. The van der Waals surface area contributed by atoms with Crippen LogP contribution in [-0.4, -0.2) is 36.7 Å². The molecule has 6 nitrogen and oxygen atoms in total. The fourth-order valence-electron chi connectivity index (χ4n) is 2.99. The molecule has 0 aromatic heterocycles. The highest BCUT2D eigenvalue weighted by molar-refractivity contribution is 5.90. The van der Waals surface area contributed by atoms with Gasteiger partial charge in [0.1, 0.15) is 17.3 Å². The van der Waals surface area contributed by atoms with E-state index in [2.05, 4.69) is 0 Å². The highest BCUT2D eigenvalue weighted by Gasteiger charge is 2.24. The molecule has 1 aliphatic rings. The first-order valence-corrected chi connectivity index (χ1v) is 10.2. The average molecular weight is 419 g/mol. The normalized spacial score (nSPS) is 15.8. The molecule has 0 atom stereocenters. The molecule has 164 valence electrons. The lowest BCUT2D eigenvalue weighted by molar-refractivity contribution is 0.0527. The fraction of sp³-hybridized carbons (Fsp3) is 0.478. The Morgan fingerprint density at radius 2 is 1.73 bits per heavy atom. The van der Waals surface area contributed by atoms with Crippen molar-refractivity contribution in [1.29, 1.82) is 0 Å². The minimum atomic E-state index is -0.725. The van der Waals surface area contributed by atoms with Gasteiger partial charge in [0.2, 0.25) is 0 Å². The van der Waals surface area contributed by atoms with Crippen LogP contribution in [0.15, 0.2) is 41.9 Å². The first kappa shape index (κ1) is 23.6. The molecule has 1 fully saturated rings. The van der Waals surface area contributed by atoms with E-state index in [4.69, 9.17) is 14.2 Å². The molecule has 0 N–H and O–H groups in total. The van der Waals surface area contributed by atoms with Crippen LogP contribution in [0.1, 0.15) is 56.5 Å². The SMILES string of the molecule is C/C=C(/C)OC(=O)N1CCC(COCc2cccc(C(=O)O/C(C)=C/C)c2F)CC1. The van der Waals surface area contributed by atoms with E-state index >= 15 is 0 Å². The van der Waals surface area contributed by atoms with Gasteiger partial charge in [-0.05, 0) is 64.7 Å². The molecule has 0 bridgehead atoms. The molecule has 1 aromatic rings. The molecule has 7 heteroatoms. The molecule has 30 heavy (non-hydrogen) atoms. The standard InChI is InChI=1S/C23H30FNO5/c1-5-16(3)29-22(26)20-9-7-8-19(21(20)24)15-28-14-18-10-12-25(13-11-18)23(27)30-17(4)6-2/h5-9,18H,10-15H2,1-4H3/b16-5+,17-6-. The number of allylic oxidation sites excluding steroid dienone is 4. The maximum absolute atomic E-state index is 14.7. The van der Waals surface area contributed by atoms with Gasteiger partial charge in [-0.25, -0.2) is 14.0 Å². The molecule has 1 saturated heterocycles. The molecule has 2 rings (SSSR count). The van der Waals surface area contributed by atoms with Crippen molar-refractivity contribution in [3.8, 4) is 0 Å². The molecular formula is C23H30FNO5. The minimum absolute atomic E-state index is 0.0678. The number of carbonyl (C=O) groups is 2. The number of hydrogen-bond acceptors (Lipinski definition) is 5. The number of ether oxygens (including phenoxy) is 3. The third-order valence-electron chi connectivity index (χ3n) is 5.10. The van der Waals surface area contributed by atoms with Crippen LogP contribution < -0.4 is 0 Å². The van der Waals surface area contributed by atoms with Crippen LogP contribution in [0.4, 0.5) is 9.18 Å². The van der Waals surface area contributed by atoms with Crippen LogP contribution in [-0.2, 0) is 20.8 Å². The number of carbonyl (C=O) groups excluding carboxylic acids is 2. The van der Waals surface area contributed by atoms with E-state index in [1.165, 1.54) is 6.07 Å². The van der Waals surface area contributed by atoms with Gasteiger partial charge in [-0.2, -0.15) is 0 Å². The van der Waals surface area contributed by atoms with Crippen LogP contribution in [0.3, 0.4) is 0 Å². The van der Waals surface area contributed by atoms with E-state index in [-0.39, 0.29) is 24.2 Å². The number of rotatable bonds is 7. The zero-order chi connectivity index (χ0) is 22.1. The van der Waals surface area contributed by atoms with Gasteiger partial charge in [0.15, 0.2) is 0 Å². The van der Waals surface area contributed by atoms with Crippen molar-refractivity contribution in [3.63, 3.8) is 0 Å². The predicted octanol–water partition coefficient (Wildman–Crippen LogP) is 5.20. The van der Waals surface area contributed by atoms with Gasteiger partial charge >= 0.3 is 12.1 Å². The van der Waals surface area contributed by atoms with Crippen LogP contribution in [0.25, 0.3) is 0 Å². The highest BCUT2D eigenvalue weighted by Crippen LogP contribution is 2.21. The Labute approximate surface area is 177 Å². The summed E-state index contributed by atoms with van der Waals surface area (Å²) in [5.74, 6) is -0.0669. The van der Waals surface area contributed by atoms with E-state index in [9.17, 15) is 14.0 Å². The lowest BCUT2D eigenvalue weighted by Crippen LogP contribution is -2.39. The monoisotopic (exact) mass is 419 g/mol.